The lowest BCUT2D eigenvalue weighted by molar-refractivity contribution is 0.505. The summed E-state index contributed by atoms with van der Waals surface area (Å²) in [5.41, 5.74) is 8.42. The first kappa shape index (κ1) is 14.7. The van der Waals surface area contributed by atoms with Crippen molar-refractivity contribution in [3.8, 4) is 0 Å². The van der Waals surface area contributed by atoms with Crippen LogP contribution in [0.15, 0.2) is 18.3 Å². The Hall–Kier alpha value is -1.72. The van der Waals surface area contributed by atoms with Gasteiger partial charge in [-0.1, -0.05) is 6.07 Å². The molecule has 2 aromatic rings. The number of aryl methyl sites for hydroxylation is 4. The van der Waals surface area contributed by atoms with E-state index in [1.165, 1.54) is 5.69 Å². The maximum Gasteiger partial charge on any atom is 0.0690 e. The third-order valence-electron chi connectivity index (χ3n) is 3.49. The average molecular weight is 273 g/mol. The van der Waals surface area contributed by atoms with E-state index in [1.807, 2.05) is 24.7 Å². The molecule has 1 unspecified atom stereocenters. The molecule has 2 heterocycles. The van der Waals surface area contributed by atoms with Gasteiger partial charge >= 0.3 is 0 Å². The molecule has 108 valence electrons. The zero-order valence-corrected chi connectivity index (χ0v) is 12.6. The molecule has 1 atom stereocenters. The number of pyridine rings is 1. The predicted molar refractivity (Wildman–Crippen MR) is 80.1 cm³/mol. The van der Waals surface area contributed by atoms with Crippen molar-refractivity contribution < 1.29 is 0 Å². The van der Waals surface area contributed by atoms with Gasteiger partial charge in [-0.3, -0.25) is 20.9 Å². The highest BCUT2D eigenvalue weighted by Crippen LogP contribution is 2.20. The second-order valence-corrected chi connectivity index (χ2v) is 5.23. The highest BCUT2D eigenvalue weighted by atomic mass is 15.3. The number of hydrogen-bond acceptors (Lipinski definition) is 4. The van der Waals surface area contributed by atoms with Crippen LogP contribution in [0.1, 0.15) is 41.2 Å². The molecule has 20 heavy (non-hydrogen) atoms. The zero-order valence-electron chi connectivity index (χ0n) is 12.6. The van der Waals surface area contributed by atoms with E-state index >= 15 is 0 Å². The van der Waals surface area contributed by atoms with Crippen LogP contribution in [0.3, 0.4) is 0 Å². The lowest BCUT2D eigenvalue weighted by Crippen LogP contribution is -2.31. The summed E-state index contributed by atoms with van der Waals surface area (Å²) in [6, 6.07) is 4.24. The Balaban J connectivity index is 2.28. The molecule has 0 aliphatic rings. The van der Waals surface area contributed by atoms with Crippen LogP contribution in [0.5, 0.6) is 0 Å². The molecule has 2 aromatic heterocycles. The standard InChI is InChI=1S/C15H23N5/c1-5-20-13(7-12(4)19-20)8-14(18-16)15-11(3)6-10(2)9-17-15/h6-7,9,14,18H,5,8,16H2,1-4H3. The summed E-state index contributed by atoms with van der Waals surface area (Å²) >= 11 is 0. The molecule has 0 spiro atoms. The smallest absolute Gasteiger partial charge is 0.0690 e. The molecule has 0 bridgehead atoms. The fraction of sp³-hybridized carbons (Fsp3) is 0.467. The SMILES string of the molecule is CCn1nc(C)cc1CC(NN)c1ncc(C)cc1C. The largest absolute Gasteiger partial charge is 0.271 e. The van der Waals surface area contributed by atoms with Crippen LogP contribution in [0.25, 0.3) is 0 Å². The molecule has 0 aliphatic heterocycles. The van der Waals surface area contributed by atoms with Crippen LogP contribution < -0.4 is 11.3 Å². The minimum absolute atomic E-state index is 0.00278. The van der Waals surface area contributed by atoms with Crippen molar-refractivity contribution in [3.05, 3.63) is 46.5 Å². The molecule has 0 aromatic carbocycles. The second kappa shape index (κ2) is 6.15. The van der Waals surface area contributed by atoms with E-state index in [-0.39, 0.29) is 6.04 Å². The van der Waals surface area contributed by atoms with Gasteiger partial charge in [-0.15, -0.1) is 0 Å². The molecule has 0 fully saturated rings. The Labute approximate surface area is 120 Å². The molecule has 0 saturated carbocycles. The average Bonchev–Trinajstić information content (AvgIpc) is 2.76. The number of nitrogens with two attached hydrogens (primary N) is 1. The molecular weight excluding hydrogens is 250 g/mol. The van der Waals surface area contributed by atoms with E-state index in [0.717, 1.165) is 35.5 Å². The van der Waals surface area contributed by atoms with Crippen molar-refractivity contribution in [1.82, 2.24) is 20.2 Å². The number of nitrogens with one attached hydrogen (secondary N) is 1. The van der Waals surface area contributed by atoms with E-state index in [2.05, 4.69) is 41.5 Å². The topological polar surface area (TPSA) is 68.8 Å². The van der Waals surface area contributed by atoms with E-state index < -0.39 is 0 Å². The third-order valence-corrected chi connectivity index (χ3v) is 3.49. The van der Waals surface area contributed by atoms with Gasteiger partial charge in [-0.2, -0.15) is 5.10 Å². The predicted octanol–water partition coefficient (Wildman–Crippen LogP) is 1.97. The third kappa shape index (κ3) is 3.05. The molecule has 5 heteroatoms. The van der Waals surface area contributed by atoms with Gasteiger partial charge in [0.15, 0.2) is 0 Å². The molecule has 0 radical (unpaired) electrons. The van der Waals surface area contributed by atoms with Gasteiger partial charge in [0.25, 0.3) is 0 Å². The summed E-state index contributed by atoms with van der Waals surface area (Å²) in [6.45, 7) is 9.08. The van der Waals surface area contributed by atoms with E-state index in [0.29, 0.717) is 0 Å². The Morgan fingerprint density at radius 2 is 2.05 bits per heavy atom. The summed E-state index contributed by atoms with van der Waals surface area (Å²) in [5, 5.41) is 4.47. The monoisotopic (exact) mass is 273 g/mol. The molecule has 2 rings (SSSR count). The molecule has 5 nitrogen and oxygen atoms in total. The van der Waals surface area contributed by atoms with Crippen LogP contribution in [0.2, 0.25) is 0 Å². The van der Waals surface area contributed by atoms with Crippen LogP contribution in [0.4, 0.5) is 0 Å². The zero-order chi connectivity index (χ0) is 14.7. The van der Waals surface area contributed by atoms with Gasteiger partial charge in [0, 0.05) is 24.9 Å². The van der Waals surface area contributed by atoms with Gasteiger partial charge in [-0.05, 0) is 44.9 Å². The first-order chi connectivity index (χ1) is 9.55. The van der Waals surface area contributed by atoms with Crippen molar-refractivity contribution in [1.29, 1.82) is 0 Å². The van der Waals surface area contributed by atoms with Crippen LogP contribution in [-0.4, -0.2) is 14.8 Å². The van der Waals surface area contributed by atoms with Gasteiger partial charge in [0.2, 0.25) is 0 Å². The van der Waals surface area contributed by atoms with Crippen molar-refractivity contribution in [3.63, 3.8) is 0 Å². The first-order valence-electron chi connectivity index (χ1n) is 6.97. The number of rotatable bonds is 5. The lowest BCUT2D eigenvalue weighted by atomic mass is 10.0. The maximum atomic E-state index is 5.74. The van der Waals surface area contributed by atoms with Crippen molar-refractivity contribution >= 4 is 0 Å². The summed E-state index contributed by atoms with van der Waals surface area (Å²) < 4.78 is 2.02. The molecule has 0 amide bonds. The highest BCUT2D eigenvalue weighted by molar-refractivity contribution is 5.27. The number of aromatic nitrogens is 3. The van der Waals surface area contributed by atoms with Crippen molar-refractivity contribution in [2.75, 3.05) is 0 Å². The summed E-state index contributed by atoms with van der Waals surface area (Å²) in [6.07, 6.45) is 2.66. The normalized spacial score (nSPS) is 12.7. The van der Waals surface area contributed by atoms with E-state index in [9.17, 15) is 0 Å². The minimum atomic E-state index is -0.00278. The van der Waals surface area contributed by atoms with Crippen LogP contribution >= 0.6 is 0 Å². The molecule has 0 aliphatic carbocycles. The van der Waals surface area contributed by atoms with E-state index in [1.54, 1.807) is 0 Å². The van der Waals surface area contributed by atoms with Gasteiger partial charge < -0.3 is 0 Å². The number of nitrogens with zero attached hydrogens (tertiary/aromatic N) is 3. The quantitative estimate of drug-likeness (QED) is 0.645. The fourth-order valence-electron chi connectivity index (χ4n) is 2.57. The number of hydrogen-bond donors (Lipinski definition) is 2. The Bertz CT molecular complexity index is 588. The lowest BCUT2D eigenvalue weighted by Gasteiger charge is -2.18. The minimum Gasteiger partial charge on any atom is -0.271 e. The number of hydrazine groups is 1. The summed E-state index contributed by atoms with van der Waals surface area (Å²) in [5.74, 6) is 5.74. The fourth-order valence-corrected chi connectivity index (χ4v) is 2.57. The Morgan fingerprint density at radius 1 is 1.30 bits per heavy atom. The molecule has 0 saturated heterocycles. The summed E-state index contributed by atoms with van der Waals surface area (Å²) in [4.78, 5) is 4.54. The van der Waals surface area contributed by atoms with Gasteiger partial charge in [-0.25, -0.2) is 0 Å². The van der Waals surface area contributed by atoms with Crippen LogP contribution in [-0.2, 0) is 13.0 Å². The second-order valence-electron chi connectivity index (χ2n) is 5.23. The van der Waals surface area contributed by atoms with Crippen molar-refractivity contribution in [2.24, 2.45) is 5.84 Å². The van der Waals surface area contributed by atoms with Crippen molar-refractivity contribution in [2.45, 2.75) is 46.7 Å². The van der Waals surface area contributed by atoms with Gasteiger partial charge in [0.05, 0.1) is 17.4 Å². The Morgan fingerprint density at radius 3 is 2.65 bits per heavy atom. The summed E-state index contributed by atoms with van der Waals surface area (Å²) in [7, 11) is 0. The first-order valence-corrected chi connectivity index (χ1v) is 6.97. The molecular formula is C15H23N5. The Kier molecular flexibility index (Phi) is 4.52. The van der Waals surface area contributed by atoms with Crippen LogP contribution in [0, 0.1) is 20.8 Å². The molecule has 3 N–H and O–H groups in total. The van der Waals surface area contributed by atoms with Gasteiger partial charge in [0.1, 0.15) is 0 Å². The highest BCUT2D eigenvalue weighted by Gasteiger charge is 2.17. The maximum absolute atomic E-state index is 5.74. The van der Waals surface area contributed by atoms with E-state index in [4.69, 9.17) is 5.84 Å².